The molecule has 3 nitrogen and oxygen atoms in total. The Hall–Kier alpha value is -2.20. The molecule has 3 rings (SSSR count). The van der Waals surface area contributed by atoms with E-state index in [1.165, 1.54) is 0 Å². The van der Waals surface area contributed by atoms with Crippen molar-refractivity contribution in [3.8, 4) is 0 Å². The molecule has 0 saturated heterocycles. The van der Waals surface area contributed by atoms with Gasteiger partial charge in [0.15, 0.2) is 0 Å². The molecule has 2 aromatic carbocycles. The van der Waals surface area contributed by atoms with Crippen molar-refractivity contribution in [1.82, 2.24) is 4.98 Å². The predicted molar refractivity (Wildman–Crippen MR) is 83.8 cm³/mol. The van der Waals surface area contributed by atoms with Gasteiger partial charge >= 0.3 is 0 Å². The second kappa shape index (κ2) is 5.43. The van der Waals surface area contributed by atoms with Crippen LogP contribution < -0.4 is 5.32 Å². The Bertz CT molecular complexity index is 769. The molecule has 98 valence electrons. The Morgan fingerprint density at radius 3 is 2.55 bits per heavy atom. The molecule has 0 aliphatic heterocycles. The van der Waals surface area contributed by atoms with E-state index >= 15 is 0 Å². The van der Waals surface area contributed by atoms with Crippen molar-refractivity contribution >= 4 is 38.3 Å². The van der Waals surface area contributed by atoms with Gasteiger partial charge in [-0.05, 0) is 51.0 Å². The van der Waals surface area contributed by atoms with Crippen LogP contribution in [0.2, 0.25) is 0 Å². The summed E-state index contributed by atoms with van der Waals surface area (Å²) in [7, 11) is 0. The number of anilines is 1. The lowest BCUT2D eigenvalue weighted by atomic mass is 10.1. The van der Waals surface area contributed by atoms with Gasteiger partial charge in [0.2, 0.25) is 0 Å². The van der Waals surface area contributed by atoms with Crippen LogP contribution >= 0.6 is 15.9 Å². The third-order valence-corrected chi connectivity index (χ3v) is 3.47. The molecule has 0 unspecified atom stereocenters. The van der Waals surface area contributed by atoms with Gasteiger partial charge in [0.25, 0.3) is 5.91 Å². The lowest BCUT2D eigenvalue weighted by molar-refractivity contribution is 0.102. The Balaban J connectivity index is 1.85. The van der Waals surface area contributed by atoms with Crippen molar-refractivity contribution in [3.05, 3.63) is 71.0 Å². The average molecular weight is 327 g/mol. The highest BCUT2D eigenvalue weighted by Crippen LogP contribution is 2.19. The van der Waals surface area contributed by atoms with Gasteiger partial charge < -0.3 is 5.32 Å². The minimum absolute atomic E-state index is 0.166. The van der Waals surface area contributed by atoms with Gasteiger partial charge in [0.05, 0.1) is 5.56 Å². The van der Waals surface area contributed by atoms with Gasteiger partial charge in [-0.15, -0.1) is 0 Å². The fourth-order valence-corrected chi connectivity index (χ4v) is 2.22. The first-order valence-electron chi connectivity index (χ1n) is 6.14. The number of aromatic nitrogens is 1. The number of nitrogens with one attached hydrogen (secondary N) is 1. The van der Waals surface area contributed by atoms with Gasteiger partial charge in [-0.3, -0.25) is 4.79 Å². The number of carbonyl (C=O) groups excluding carboxylic acids is 1. The van der Waals surface area contributed by atoms with Gasteiger partial charge in [0, 0.05) is 11.9 Å². The van der Waals surface area contributed by atoms with Crippen molar-refractivity contribution in [2.45, 2.75) is 0 Å². The number of amides is 1. The fraction of sp³-hybridized carbons (Fsp3) is 0. The summed E-state index contributed by atoms with van der Waals surface area (Å²) in [5, 5.41) is 5.12. The summed E-state index contributed by atoms with van der Waals surface area (Å²) in [6, 6.07) is 17.4. The maximum absolute atomic E-state index is 12.1. The number of rotatable bonds is 2. The number of hydrogen-bond acceptors (Lipinski definition) is 2. The van der Waals surface area contributed by atoms with Crippen LogP contribution in [0, 0.1) is 0 Å². The van der Waals surface area contributed by atoms with Crippen LogP contribution in [-0.4, -0.2) is 10.9 Å². The molecule has 20 heavy (non-hydrogen) atoms. The first-order valence-corrected chi connectivity index (χ1v) is 6.93. The summed E-state index contributed by atoms with van der Waals surface area (Å²) < 4.78 is 0.708. The molecule has 3 aromatic rings. The number of hydrogen-bond donors (Lipinski definition) is 1. The SMILES string of the molecule is O=C(Nc1ccc2ccccc2c1)c1ccc(Br)nc1. The number of pyridine rings is 1. The van der Waals surface area contributed by atoms with E-state index < -0.39 is 0 Å². The van der Waals surface area contributed by atoms with E-state index in [9.17, 15) is 4.79 Å². The van der Waals surface area contributed by atoms with Crippen molar-refractivity contribution < 1.29 is 4.79 Å². The summed E-state index contributed by atoms with van der Waals surface area (Å²) in [6.07, 6.45) is 1.54. The molecule has 1 amide bonds. The molecule has 0 fully saturated rings. The van der Waals surface area contributed by atoms with Gasteiger partial charge in [-0.2, -0.15) is 0 Å². The van der Waals surface area contributed by atoms with Gasteiger partial charge in [0.1, 0.15) is 4.60 Å². The van der Waals surface area contributed by atoms with E-state index in [-0.39, 0.29) is 5.91 Å². The number of halogens is 1. The summed E-state index contributed by atoms with van der Waals surface area (Å²) in [4.78, 5) is 16.1. The zero-order valence-electron chi connectivity index (χ0n) is 10.5. The minimum atomic E-state index is -0.166. The van der Waals surface area contributed by atoms with E-state index in [0.717, 1.165) is 16.5 Å². The third-order valence-electron chi connectivity index (χ3n) is 3.00. The van der Waals surface area contributed by atoms with Crippen LogP contribution in [0.1, 0.15) is 10.4 Å². The molecule has 1 heterocycles. The second-order valence-corrected chi connectivity index (χ2v) is 5.20. The van der Waals surface area contributed by atoms with Crippen LogP contribution in [0.5, 0.6) is 0 Å². The van der Waals surface area contributed by atoms with Crippen molar-refractivity contribution in [2.24, 2.45) is 0 Å². The Morgan fingerprint density at radius 2 is 1.80 bits per heavy atom. The number of nitrogens with zero attached hydrogens (tertiary/aromatic N) is 1. The van der Waals surface area contributed by atoms with Crippen molar-refractivity contribution in [1.29, 1.82) is 0 Å². The first kappa shape index (κ1) is 12.8. The monoisotopic (exact) mass is 326 g/mol. The largest absolute Gasteiger partial charge is 0.322 e. The third kappa shape index (κ3) is 2.70. The quantitative estimate of drug-likeness (QED) is 0.715. The first-order chi connectivity index (χ1) is 9.72. The van der Waals surface area contributed by atoms with E-state index in [4.69, 9.17) is 0 Å². The highest BCUT2D eigenvalue weighted by atomic mass is 79.9. The van der Waals surface area contributed by atoms with Gasteiger partial charge in [-0.25, -0.2) is 4.98 Å². The highest BCUT2D eigenvalue weighted by Gasteiger charge is 2.06. The molecule has 1 aromatic heterocycles. The van der Waals surface area contributed by atoms with Crippen LogP contribution in [0.3, 0.4) is 0 Å². The van der Waals surface area contributed by atoms with Crippen LogP contribution in [-0.2, 0) is 0 Å². The molecule has 4 heteroatoms. The molecule has 0 bridgehead atoms. The average Bonchev–Trinajstić information content (AvgIpc) is 2.48. The molecule has 0 aliphatic rings. The topological polar surface area (TPSA) is 42.0 Å². The molecule has 0 saturated carbocycles. The molecule has 1 N–H and O–H groups in total. The van der Waals surface area contributed by atoms with Crippen molar-refractivity contribution in [2.75, 3.05) is 5.32 Å². The van der Waals surface area contributed by atoms with E-state index in [1.54, 1.807) is 18.3 Å². The molecule has 0 atom stereocenters. The maximum Gasteiger partial charge on any atom is 0.257 e. The molecule has 0 radical (unpaired) electrons. The second-order valence-electron chi connectivity index (χ2n) is 4.39. The van der Waals surface area contributed by atoms with E-state index in [2.05, 4.69) is 26.2 Å². The Labute approximate surface area is 124 Å². The zero-order valence-corrected chi connectivity index (χ0v) is 12.1. The van der Waals surface area contributed by atoms with Crippen LogP contribution in [0.4, 0.5) is 5.69 Å². The normalized spacial score (nSPS) is 10.4. The number of benzene rings is 2. The summed E-state index contributed by atoms with van der Waals surface area (Å²) >= 11 is 3.25. The van der Waals surface area contributed by atoms with Crippen molar-refractivity contribution in [3.63, 3.8) is 0 Å². The lowest BCUT2D eigenvalue weighted by Crippen LogP contribution is -2.11. The molecular weight excluding hydrogens is 316 g/mol. The predicted octanol–water partition coefficient (Wildman–Crippen LogP) is 4.25. The molecule has 0 spiro atoms. The maximum atomic E-state index is 12.1. The standard InChI is InChI=1S/C16H11BrN2O/c17-15-8-6-13(10-18-15)16(20)19-14-7-5-11-3-1-2-4-12(11)9-14/h1-10H,(H,19,20). The molecule has 0 aliphatic carbocycles. The Kier molecular flexibility index (Phi) is 3.48. The summed E-state index contributed by atoms with van der Waals surface area (Å²) in [5.74, 6) is -0.166. The molecular formula is C16H11BrN2O. The minimum Gasteiger partial charge on any atom is -0.322 e. The van der Waals surface area contributed by atoms with E-state index in [1.807, 2.05) is 42.5 Å². The van der Waals surface area contributed by atoms with Crippen LogP contribution in [0.25, 0.3) is 10.8 Å². The number of carbonyl (C=O) groups is 1. The van der Waals surface area contributed by atoms with E-state index in [0.29, 0.717) is 10.2 Å². The smallest absolute Gasteiger partial charge is 0.257 e. The van der Waals surface area contributed by atoms with Gasteiger partial charge in [-0.1, -0.05) is 30.3 Å². The summed E-state index contributed by atoms with van der Waals surface area (Å²) in [5.41, 5.74) is 1.30. The number of fused-ring (bicyclic) bond motifs is 1. The Morgan fingerprint density at radius 1 is 1.00 bits per heavy atom. The zero-order chi connectivity index (χ0) is 13.9. The summed E-state index contributed by atoms with van der Waals surface area (Å²) in [6.45, 7) is 0. The fourth-order valence-electron chi connectivity index (χ4n) is 1.98. The van der Waals surface area contributed by atoms with Crippen LogP contribution in [0.15, 0.2) is 65.4 Å². The lowest BCUT2D eigenvalue weighted by Gasteiger charge is -2.06. The highest BCUT2D eigenvalue weighted by molar-refractivity contribution is 9.10.